The van der Waals surface area contributed by atoms with Gasteiger partial charge in [-0.3, -0.25) is 14.5 Å². The molecule has 3 aromatic rings. The first-order chi connectivity index (χ1) is 14.9. The molecule has 0 radical (unpaired) electrons. The lowest BCUT2D eigenvalue weighted by atomic mass is 10.2. The molecular weight excluding hydrogens is 398 g/mol. The predicted molar refractivity (Wildman–Crippen MR) is 115 cm³/mol. The predicted octanol–water partition coefficient (Wildman–Crippen LogP) is 3.00. The quantitative estimate of drug-likeness (QED) is 0.541. The van der Waals surface area contributed by atoms with Gasteiger partial charge in [-0.1, -0.05) is 18.2 Å². The number of hydrogen-bond donors (Lipinski definition) is 0. The molecule has 1 heterocycles. The zero-order valence-electron chi connectivity index (χ0n) is 17.6. The van der Waals surface area contributed by atoms with Crippen molar-refractivity contribution in [1.82, 2.24) is 9.97 Å². The van der Waals surface area contributed by atoms with E-state index in [1.165, 1.54) is 4.90 Å². The van der Waals surface area contributed by atoms with Gasteiger partial charge < -0.3 is 9.47 Å². The minimum Gasteiger partial charge on any atom is -0.465 e. The van der Waals surface area contributed by atoms with Gasteiger partial charge in [-0.15, -0.1) is 0 Å². The summed E-state index contributed by atoms with van der Waals surface area (Å²) >= 11 is 0. The number of para-hydroxylation sites is 1. The van der Waals surface area contributed by atoms with Crippen LogP contribution in [0.2, 0.25) is 0 Å². The normalized spacial score (nSPS) is 10.5. The van der Waals surface area contributed by atoms with Crippen LogP contribution in [0.4, 0.5) is 5.69 Å². The van der Waals surface area contributed by atoms with E-state index >= 15 is 0 Å². The van der Waals surface area contributed by atoms with Gasteiger partial charge >= 0.3 is 11.9 Å². The van der Waals surface area contributed by atoms with Crippen LogP contribution in [0.1, 0.15) is 28.7 Å². The maximum Gasteiger partial charge on any atom is 0.338 e. The Bertz CT molecular complexity index is 1110. The molecule has 0 fully saturated rings. The molecule has 0 aliphatic carbocycles. The summed E-state index contributed by atoms with van der Waals surface area (Å²) in [5.41, 5.74) is 3.58. The first kappa shape index (κ1) is 21.9. The molecule has 3 rings (SSSR count). The maximum absolute atomic E-state index is 12.7. The molecule has 2 aromatic carbocycles. The van der Waals surface area contributed by atoms with E-state index in [0.29, 0.717) is 16.7 Å². The summed E-state index contributed by atoms with van der Waals surface area (Å²) in [4.78, 5) is 47.2. The minimum absolute atomic E-state index is 0.203. The standard InChI is InChI=1S/C23H23N3O5/c1-4-30-22(28)13-26(18-8-6-5-7-9-18)21(27)14-31-23(29)17-10-11-19-20(12-17)25-16(3)15(2)24-19/h5-12H,4,13-14H2,1-3H3. The van der Waals surface area contributed by atoms with Gasteiger partial charge in [0.2, 0.25) is 0 Å². The van der Waals surface area contributed by atoms with Crippen molar-refractivity contribution in [3.63, 3.8) is 0 Å². The van der Waals surface area contributed by atoms with Crippen molar-refractivity contribution in [3.8, 4) is 0 Å². The van der Waals surface area contributed by atoms with Crippen molar-refractivity contribution in [2.24, 2.45) is 0 Å². The van der Waals surface area contributed by atoms with Gasteiger partial charge in [-0.2, -0.15) is 0 Å². The van der Waals surface area contributed by atoms with Gasteiger partial charge in [0.05, 0.1) is 34.6 Å². The molecule has 0 unspecified atom stereocenters. The Morgan fingerprint density at radius 1 is 0.903 bits per heavy atom. The Kier molecular flexibility index (Phi) is 6.92. The first-order valence-electron chi connectivity index (χ1n) is 9.82. The molecule has 0 spiro atoms. The van der Waals surface area contributed by atoms with Crippen molar-refractivity contribution in [3.05, 3.63) is 65.5 Å². The van der Waals surface area contributed by atoms with Crippen molar-refractivity contribution >= 4 is 34.6 Å². The van der Waals surface area contributed by atoms with E-state index in [4.69, 9.17) is 9.47 Å². The van der Waals surface area contributed by atoms with E-state index in [-0.39, 0.29) is 18.7 Å². The summed E-state index contributed by atoms with van der Waals surface area (Å²) in [6, 6.07) is 13.5. The molecular formula is C23H23N3O5. The highest BCUT2D eigenvalue weighted by Gasteiger charge is 2.21. The number of rotatable bonds is 7. The van der Waals surface area contributed by atoms with Crippen LogP contribution in [0.5, 0.6) is 0 Å². The van der Waals surface area contributed by atoms with E-state index in [2.05, 4.69) is 9.97 Å². The number of anilines is 1. The molecule has 31 heavy (non-hydrogen) atoms. The summed E-state index contributed by atoms with van der Waals surface area (Å²) in [5.74, 6) is -1.76. The zero-order valence-corrected chi connectivity index (χ0v) is 17.6. The third-order valence-electron chi connectivity index (χ3n) is 4.60. The summed E-state index contributed by atoms with van der Waals surface area (Å²) < 4.78 is 10.2. The molecule has 160 valence electrons. The summed E-state index contributed by atoms with van der Waals surface area (Å²) in [6.45, 7) is 4.79. The number of fused-ring (bicyclic) bond motifs is 1. The third-order valence-corrected chi connectivity index (χ3v) is 4.60. The number of ether oxygens (including phenoxy) is 2. The van der Waals surface area contributed by atoms with E-state index in [0.717, 1.165) is 11.4 Å². The number of benzene rings is 2. The fraction of sp³-hybridized carbons (Fsp3) is 0.261. The van der Waals surface area contributed by atoms with Crippen LogP contribution in [-0.2, 0) is 19.1 Å². The summed E-state index contributed by atoms with van der Waals surface area (Å²) in [6.07, 6.45) is 0. The topological polar surface area (TPSA) is 98.7 Å². The van der Waals surface area contributed by atoms with Gasteiger partial charge in [-0.05, 0) is 51.1 Å². The number of hydrogen-bond acceptors (Lipinski definition) is 7. The number of nitrogens with zero attached hydrogens (tertiary/aromatic N) is 3. The Balaban J connectivity index is 1.72. The van der Waals surface area contributed by atoms with Crippen LogP contribution in [0.25, 0.3) is 11.0 Å². The Morgan fingerprint density at radius 2 is 1.58 bits per heavy atom. The van der Waals surface area contributed by atoms with Gasteiger partial charge in [0, 0.05) is 5.69 Å². The number of carbonyl (C=O) groups is 3. The van der Waals surface area contributed by atoms with Crippen molar-refractivity contribution in [2.45, 2.75) is 20.8 Å². The molecule has 0 N–H and O–H groups in total. The highest BCUT2D eigenvalue weighted by molar-refractivity contribution is 6.00. The van der Waals surface area contributed by atoms with Gasteiger partial charge in [0.1, 0.15) is 6.54 Å². The molecule has 8 nitrogen and oxygen atoms in total. The van der Waals surface area contributed by atoms with E-state index in [1.807, 2.05) is 13.8 Å². The number of amides is 1. The third kappa shape index (κ3) is 5.42. The number of carbonyl (C=O) groups excluding carboxylic acids is 3. The smallest absolute Gasteiger partial charge is 0.338 e. The second-order valence-electron chi connectivity index (χ2n) is 6.79. The lowest BCUT2D eigenvalue weighted by molar-refractivity contribution is -0.142. The molecule has 1 amide bonds. The molecule has 8 heteroatoms. The van der Waals surface area contributed by atoms with Gasteiger partial charge in [0.15, 0.2) is 6.61 Å². The molecule has 0 bridgehead atoms. The fourth-order valence-corrected chi connectivity index (χ4v) is 2.91. The molecule has 0 aliphatic heterocycles. The van der Waals surface area contributed by atoms with Crippen LogP contribution in [-0.4, -0.2) is 47.6 Å². The van der Waals surface area contributed by atoms with Crippen LogP contribution in [0.15, 0.2) is 48.5 Å². The summed E-state index contributed by atoms with van der Waals surface area (Å²) in [7, 11) is 0. The first-order valence-corrected chi connectivity index (χ1v) is 9.82. The molecule has 0 saturated heterocycles. The second-order valence-corrected chi connectivity index (χ2v) is 6.79. The van der Waals surface area contributed by atoms with Crippen LogP contribution in [0.3, 0.4) is 0 Å². The average Bonchev–Trinajstić information content (AvgIpc) is 2.77. The zero-order chi connectivity index (χ0) is 22.4. The number of esters is 2. The van der Waals surface area contributed by atoms with Crippen molar-refractivity contribution in [2.75, 3.05) is 24.7 Å². The Labute approximate surface area is 179 Å². The highest BCUT2D eigenvalue weighted by atomic mass is 16.5. The summed E-state index contributed by atoms with van der Waals surface area (Å²) in [5, 5.41) is 0. The van der Waals surface area contributed by atoms with E-state index in [1.54, 1.807) is 55.5 Å². The number of aryl methyl sites for hydroxylation is 2. The molecule has 0 aliphatic rings. The van der Waals surface area contributed by atoms with Gasteiger partial charge in [0.25, 0.3) is 5.91 Å². The largest absolute Gasteiger partial charge is 0.465 e. The van der Waals surface area contributed by atoms with E-state index < -0.39 is 24.5 Å². The van der Waals surface area contributed by atoms with Crippen molar-refractivity contribution < 1.29 is 23.9 Å². The van der Waals surface area contributed by atoms with Crippen molar-refractivity contribution in [1.29, 1.82) is 0 Å². The number of aromatic nitrogens is 2. The van der Waals surface area contributed by atoms with Crippen LogP contribution in [0, 0.1) is 13.8 Å². The maximum atomic E-state index is 12.7. The van der Waals surface area contributed by atoms with Gasteiger partial charge in [-0.25, -0.2) is 14.8 Å². The SMILES string of the molecule is CCOC(=O)CN(C(=O)COC(=O)c1ccc2nc(C)c(C)nc2c1)c1ccccc1. The fourth-order valence-electron chi connectivity index (χ4n) is 2.91. The monoisotopic (exact) mass is 421 g/mol. The Morgan fingerprint density at radius 3 is 2.26 bits per heavy atom. The molecule has 0 atom stereocenters. The lowest BCUT2D eigenvalue weighted by Gasteiger charge is -2.21. The lowest BCUT2D eigenvalue weighted by Crippen LogP contribution is -2.39. The van der Waals surface area contributed by atoms with Crippen LogP contribution < -0.4 is 4.90 Å². The second kappa shape index (κ2) is 9.80. The van der Waals surface area contributed by atoms with E-state index in [9.17, 15) is 14.4 Å². The Hall–Kier alpha value is -3.81. The average molecular weight is 421 g/mol. The van der Waals surface area contributed by atoms with Crippen LogP contribution >= 0.6 is 0 Å². The molecule has 0 saturated carbocycles. The molecule has 1 aromatic heterocycles. The highest BCUT2D eigenvalue weighted by Crippen LogP contribution is 2.16. The minimum atomic E-state index is -0.667.